The number of fused-ring (bicyclic) bond motifs is 7. The summed E-state index contributed by atoms with van der Waals surface area (Å²) < 4.78 is 6.79. The van der Waals surface area contributed by atoms with Crippen LogP contribution >= 0.6 is 0 Å². The molecular formula is C54H35NO. The number of rotatable bonds is 6. The molecule has 1 heterocycles. The van der Waals surface area contributed by atoms with Crippen molar-refractivity contribution in [3.8, 4) is 33.4 Å². The van der Waals surface area contributed by atoms with Gasteiger partial charge in [-0.25, -0.2) is 0 Å². The van der Waals surface area contributed by atoms with Crippen LogP contribution in [-0.4, -0.2) is 0 Å². The fraction of sp³-hybridized carbons (Fsp3) is 0. The van der Waals surface area contributed by atoms with Gasteiger partial charge in [0.2, 0.25) is 0 Å². The molecule has 0 aliphatic heterocycles. The monoisotopic (exact) mass is 713 g/mol. The third-order valence-corrected chi connectivity index (χ3v) is 11.3. The van der Waals surface area contributed by atoms with Crippen LogP contribution in [0.5, 0.6) is 0 Å². The molecule has 11 rings (SSSR count). The van der Waals surface area contributed by atoms with Crippen LogP contribution in [0.2, 0.25) is 0 Å². The summed E-state index contributed by atoms with van der Waals surface area (Å²) in [5, 5.41) is 9.67. The standard InChI is InChI=1S/C54H35NO/c1-2-14-36(15-3-1)44-20-8-10-26-51(44)55(41-31-28-38(29-32-41)43-22-12-23-45-42-19-7-6-16-37(42)30-33-46(43)45)52-27-11-9-21-47(52)48-24-13-25-49-50-34-39-17-4-5-18-40(39)35-53(50)56-54(48)49/h1-35H. The van der Waals surface area contributed by atoms with Crippen molar-refractivity contribution in [3.63, 3.8) is 0 Å². The maximum absolute atomic E-state index is 6.79. The first-order valence-electron chi connectivity index (χ1n) is 19.2. The lowest BCUT2D eigenvalue weighted by Crippen LogP contribution is -2.12. The highest BCUT2D eigenvalue weighted by atomic mass is 16.3. The maximum Gasteiger partial charge on any atom is 0.143 e. The Hall–Kier alpha value is -7.42. The summed E-state index contributed by atoms with van der Waals surface area (Å²) in [6, 6.07) is 76.4. The zero-order valence-electron chi connectivity index (χ0n) is 30.6. The molecule has 0 fully saturated rings. The zero-order valence-corrected chi connectivity index (χ0v) is 30.6. The first kappa shape index (κ1) is 32.0. The van der Waals surface area contributed by atoms with Crippen molar-refractivity contribution in [2.45, 2.75) is 0 Å². The van der Waals surface area contributed by atoms with Crippen molar-refractivity contribution >= 4 is 71.3 Å². The fourth-order valence-corrected chi connectivity index (χ4v) is 8.61. The highest BCUT2D eigenvalue weighted by molar-refractivity contribution is 6.15. The molecule has 0 aliphatic rings. The molecule has 262 valence electrons. The highest BCUT2D eigenvalue weighted by Gasteiger charge is 2.23. The van der Waals surface area contributed by atoms with E-state index >= 15 is 0 Å². The molecule has 2 nitrogen and oxygen atoms in total. The van der Waals surface area contributed by atoms with E-state index in [0.717, 1.165) is 61.3 Å². The zero-order chi connectivity index (χ0) is 37.0. The normalized spacial score (nSPS) is 11.6. The Labute approximate surface area is 325 Å². The summed E-state index contributed by atoms with van der Waals surface area (Å²) in [6.07, 6.45) is 0. The first-order valence-corrected chi connectivity index (χ1v) is 19.2. The van der Waals surface area contributed by atoms with Gasteiger partial charge in [-0.1, -0.05) is 176 Å². The van der Waals surface area contributed by atoms with Crippen LogP contribution in [0.1, 0.15) is 0 Å². The summed E-state index contributed by atoms with van der Waals surface area (Å²) >= 11 is 0. The number of para-hydroxylation sites is 3. The van der Waals surface area contributed by atoms with Gasteiger partial charge in [-0.2, -0.15) is 0 Å². The van der Waals surface area contributed by atoms with E-state index in [0.29, 0.717) is 0 Å². The molecule has 0 aliphatic carbocycles. The summed E-state index contributed by atoms with van der Waals surface area (Å²) in [5.41, 5.74) is 11.9. The van der Waals surface area contributed by atoms with E-state index in [-0.39, 0.29) is 0 Å². The average Bonchev–Trinajstić information content (AvgIpc) is 3.64. The van der Waals surface area contributed by atoms with Gasteiger partial charge in [0.05, 0.1) is 11.4 Å². The molecular weight excluding hydrogens is 679 g/mol. The van der Waals surface area contributed by atoms with Crippen LogP contribution in [0.4, 0.5) is 17.1 Å². The van der Waals surface area contributed by atoms with Gasteiger partial charge in [0.15, 0.2) is 0 Å². The molecule has 0 saturated heterocycles. The number of benzene rings is 10. The third kappa shape index (κ3) is 5.26. The minimum Gasteiger partial charge on any atom is -0.455 e. The van der Waals surface area contributed by atoms with Crippen LogP contribution in [0.3, 0.4) is 0 Å². The van der Waals surface area contributed by atoms with Gasteiger partial charge in [-0.05, 0) is 85.4 Å². The van der Waals surface area contributed by atoms with E-state index in [4.69, 9.17) is 4.42 Å². The average molecular weight is 714 g/mol. The van der Waals surface area contributed by atoms with Crippen molar-refractivity contribution < 1.29 is 4.42 Å². The summed E-state index contributed by atoms with van der Waals surface area (Å²) in [6.45, 7) is 0. The molecule has 1 aromatic heterocycles. The molecule has 0 atom stereocenters. The lowest BCUT2D eigenvalue weighted by molar-refractivity contribution is 0.670. The molecule has 0 bridgehead atoms. The predicted octanol–water partition coefficient (Wildman–Crippen LogP) is 15.5. The van der Waals surface area contributed by atoms with Crippen molar-refractivity contribution in [2.75, 3.05) is 4.90 Å². The Balaban J connectivity index is 1.11. The molecule has 0 amide bonds. The molecule has 2 heteroatoms. The van der Waals surface area contributed by atoms with Gasteiger partial charge >= 0.3 is 0 Å². The number of furan rings is 1. The van der Waals surface area contributed by atoms with E-state index in [9.17, 15) is 0 Å². The van der Waals surface area contributed by atoms with Crippen LogP contribution in [0, 0.1) is 0 Å². The Morgan fingerprint density at radius 3 is 1.68 bits per heavy atom. The lowest BCUT2D eigenvalue weighted by atomic mass is 9.94. The first-order chi connectivity index (χ1) is 27.8. The summed E-state index contributed by atoms with van der Waals surface area (Å²) in [7, 11) is 0. The molecule has 0 saturated carbocycles. The molecule has 56 heavy (non-hydrogen) atoms. The molecule has 11 aromatic rings. The van der Waals surface area contributed by atoms with E-state index in [1.165, 1.54) is 43.4 Å². The Morgan fingerprint density at radius 1 is 0.304 bits per heavy atom. The van der Waals surface area contributed by atoms with Crippen molar-refractivity contribution in [1.82, 2.24) is 0 Å². The van der Waals surface area contributed by atoms with E-state index in [1.54, 1.807) is 0 Å². The summed E-state index contributed by atoms with van der Waals surface area (Å²) in [4.78, 5) is 2.41. The molecule has 0 N–H and O–H groups in total. The Bertz CT molecular complexity index is 3250. The molecule has 0 unspecified atom stereocenters. The second-order valence-corrected chi connectivity index (χ2v) is 14.4. The van der Waals surface area contributed by atoms with Gasteiger partial charge in [-0.3, -0.25) is 0 Å². The predicted molar refractivity (Wildman–Crippen MR) is 237 cm³/mol. The van der Waals surface area contributed by atoms with Crippen LogP contribution in [0.25, 0.3) is 87.6 Å². The van der Waals surface area contributed by atoms with Crippen molar-refractivity contribution in [3.05, 3.63) is 212 Å². The van der Waals surface area contributed by atoms with Crippen LogP contribution in [0.15, 0.2) is 217 Å². The second kappa shape index (κ2) is 13.2. The van der Waals surface area contributed by atoms with Gasteiger partial charge in [0, 0.05) is 33.2 Å². The van der Waals surface area contributed by atoms with Crippen molar-refractivity contribution in [2.24, 2.45) is 0 Å². The van der Waals surface area contributed by atoms with E-state index in [1.807, 2.05) is 0 Å². The maximum atomic E-state index is 6.79. The molecule has 10 aromatic carbocycles. The van der Waals surface area contributed by atoms with Crippen molar-refractivity contribution in [1.29, 1.82) is 0 Å². The van der Waals surface area contributed by atoms with E-state index in [2.05, 4.69) is 217 Å². The lowest BCUT2D eigenvalue weighted by Gasteiger charge is -2.30. The number of nitrogens with zero attached hydrogens (tertiary/aromatic N) is 1. The minimum absolute atomic E-state index is 0.889. The highest BCUT2D eigenvalue weighted by Crippen LogP contribution is 2.47. The van der Waals surface area contributed by atoms with Gasteiger partial charge in [-0.15, -0.1) is 0 Å². The molecule has 0 spiro atoms. The van der Waals surface area contributed by atoms with Crippen LogP contribution in [-0.2, 0) is 0 Å². The second-order valence-electron chi connectivity index (χ2n) is 14.4. The Kier molecular flexibility index (Phi) is 7.53. The number of hydrogen-bond acceptors (Lipinski definition) is 2. The van der Waals surface area contributed by atoms with Gasteiger partial charge in [0.1, 0.15) is 11.2 Å². The minimum atomic E-state index is 0.889. The van der Waals surface area contributed by atoms with Gasteiger partial charge < -0.3 is 9.32 Å². The quantitative estimate of drug-likeness (QED) is 0.160. The molecule has 0 radical (unpaired) electrons. The number of anilines is 3. The van der Waals surface area contributed by atoms with Crippen LogP contribution < -0.4 is 4.90 Å². The number of hydrogen-bond donors (Lipinski definition) is 0. The van der Waals surface area contributed by atoms with E-state index < -0.39 is 0 Å². The summed E-state index contributed by atoms with van der Waals surface area (Å²) in [5.74, 6) is 0. The fourth-order valence-electron chi connectivity index (χ4n) is 8.61. The topological polar surface area (TPSA) is 16.4 Å². The smallest absolute Gasteiger partial charge is 0.143 e. The Morgan fingerprint density at radius 2 is 0.875 bits per heavy atom. The largest absolute Gasteiger partial charge is 0.455 e. The van der Waals surface area contributed by atoms with Gasteiger partial charge in [0.25, 0.3) is 0 Å². The SMILES string of the molecule is c1ccc(-c2ccccc2N(c2ccc(-c3cccc4c3ccc3ccccc34)cc2)c2ccccc2-c2cccc3c2oc2cc4ccccc4cc23)cc1. The third-order valence-electron chi connectivity index (χ3n) is 11.3.